The summed E-state index contributed by atoms with van der Waals surface area (Å²) in [5.74, 6) is 0.485. The third kappa shape index (κ3) is 6.70. The molecule has 0 saturated heterocycles. The zero-order valence-corrected chi connectivity index (χ0v) is 12.9. The molecular weight excluding hydrogens is 242 g/mol. The van der Waals surface area contributed by atoms with Crippen molar-refractivity contribution in [1.82, 2.24) is 4.90 Å². The Morgan fingerprint density at radius 3 is 2.26 bits per heavy atom. The highest BCUT2D eigenvalue weighted by Gasteiger charge is 2.25. The molecule has 4 heteroatoms. The van der Waals surface area contributed by atoms with Gasteiger partial charge in [-0.1, -0.05) is 0 Å². The summed E-state index contributed by atoms with van der Waals surface area (Å²) in [6.45, 7) is 7.36. The molecule has 1 aliphatic carbocycles. The van der Waals surface area contributed by atoms with E-state index in [1.807, 2.05) is 20.8 Å². The molecule has 114 valence electrons. The molecule has 2 N–H and O–H groups in total. The molecule has 0 radical (unpaired) electrons. The average molecular weight is 273 g/mol. The van der Waals surface area contributed by atoms with Crippen LogP contribution in [0.25, 0.3) is 0 Å². The van der Waals surface area contributed by atoms with Crippen molar-refractivity contribution in [3.05, 3.63) is 0 Å². The first kappa shape index (κ1) is 16.9. The summed E-state index contributed by atoms with van der Waals surface area (Å²) in [6, 6.07) is 0.534. The quantitative estimate of drug-likeness (QED) is 0.772. The molecule has 1 unspecified atom stereocenters. The van der Waals surface area contributed by atoms with Crippen LogP contribution in [0.2, 0.25) is 0 Å². The SMILES string of the molecule is CN(CC(O)COC(C)(C)C)C1CCC(CO)CC1. The van der Waals surface area contributed by atoms with E-state index in [4.69, 9.17) is 9.84 Å². The van der Waals surface area contributed by atoms with Gasteiger partial charge in [-0.3, -0.25) is 0 Å². The van der Waals surface area contributed by atoms with Gasteiger partial charge in [-0.05, 0) is 59.4 Å². The number of aliphatic hydroxyl groups is 2. The van der Waals surface area contributed by atoms with Crippen LogP contribution in [0.5, 0.6) is 0 Å². The first-order valence-electron chi connectivity index (χ1n) is 7.45. The molecule has 0 heterocycles. The molecule has 0 aromatic rings. The first-order chi connectivity index (χ1) is 8.81. The fraction of sp³-hybridized carbons (Fsp3) is 1.00. The van der Waals surface area contributed by atoms with E-state index in [1.165, 1.54) is 0 Å². The minimum Gasteiger partial charge on any atom is -0.396 e. The summed E-state index contributed by atoms with van der Waals surface area (Å²) < 4.78 is 5.60. The van der Waals surface area contributed by atoms with Crippen molar-refractivity contribution < 1.29 is 14.9 Å². The van der Waals surface area contributed by atoms with Crippen molar-refractivity contribution in [2.24, 2.45) is 5.92 Å². The number of ether oxygens (including phenoxy) is 1. The average Bonchev–Trinajstić information content (AvgIpc) is 2.35. The summed E-state index contributed by atoms with van der Waals surface area (Å²) in [5.41, 5.74) is -0.196. The molecule has 0 aliphatic heterocycles. The number of hydrogen-bond donors (Lipinski definition) is 2. The van der Waals surface area contributed by atoms with Crippen LogP contribution in [-0.2, 0) is 4.74 Å². The molecule has 0 aromatic carbocycles. The Morgan fingerprint density at radius 1 is 1.21 bits per heavy atom. The van der Waals surface area contributed by atoms with Gasteiger partial charge in [0.2, 0.25) is 0 Å². The zero-order valence-electron chi connectivity index (χ0n) is 12.9. The molecule has 1 rings (SSSR count). The van der Waals surface area contributed by atoms with Crippen LogP contribution in [0.4, 0.5) is 0 Å². The Morgan fingerprint density at radius 2 is 1.79 bits per heavy atom. The van der Waals surface area contributed by atoms with Crippen LogP contribution in [0.3, 0.4) is 0 Å². The Labute approximate surface area is 117 Å². The van der Waals surface area contributed by atoms with Crippen LogP contribution in [0.1, 0.15) is 46.5 Å². The summed E-state index contributed by atoms with van der Waals surface area (Å²) in [6.07, 6.45) is 4.00. The van der Waals surface area contributed by atoms with Crippen LogP contribution in [-0.4, -0.2) is 59.7 Å². The van der Waals surface area contributed by atoms with Crippen molar-refractivity contribution in [3.8, 4) is 0 Å². The van der Waals surface area contributed by atoms with Gasteiger partial charge in [-0.2, -0.15) is 0 Å². The molecule has 1 fully saturated rings. The van der Waals surface area contributed by atoms with E-state index < -0.39 is 6.10 Å². The lowest BCUT2D eigenvalue weighted by molar-refractivity contribution is -0.0582. The number of aliphatic hydroxyl groups excluding tert-OH is 2. The highest BCUT2D eigenvalue weighted by atomic mass is 16.5. The zero-order chi connectivity index (χ0) is 14.5. The third-order valence-electron chi connectivity index (χ3n) is 3.91. The smallest absolute Gasteiger partial charge is 0.0900 e. The van der Waals surface area contributed by atoms with Gasteiger partial charge in [-0.25, -0.2) is 0 Å². The van der Waals surface area contributed by atoms with Gasteiger partial charge in [0.05, 0.1) is 18.3 Å². The molecule has 0 bridgehead atoms. The number of hydrogen-bond acceptors (Lipinski definition) is 4. The standard InChI is InChI=1S/C15H31NO3/c1-15(2,3)19-11-14(18)9-16(4)13-7-5-12(10-17)6-8-13/h12-14,17-18H,5-11H2,1-4H3. The Bertz CT molecular complexity index is 244. The molecular formula is C15H31NO3. The lowest BCUT2D eigenvalue weighted by Gasteiger charge is -2.35. The molecule has 0 amide bonds. The van der Waals surface area contributed by atoms with Gasteiger partial charge in [0.25, 0.3) is 0 Å². The fourth-order valence-corrected chi connectivity index (χ4v) is 2.65. The van der Waals surface area contributed by atoms with Crippen molar-refractivity contribution in [1.29, 1.82) is 0 Å². The molecule has 0 spiro atoms. The van der Waals surface area contributed by atoms with E-state index in [1.54, 1.807) is 0 Å². The van der Waals surface area contributed by atoms with E-state index in [2.05, 4.69) is 11.9 Å². The monoisotopic (exact) mass is 273 g/mol. The van der Waals surface area contributed by atoms with Crippen LogP contribution >= 0.6 is 0 Å². The molecule has 1 atom stereocenters. The van der Waals surface area contributed by atoms with E-state index >= 15 is 0 Å². The van der Waals surface area contributed by atoms with Crippen molar-refractivity contribution in [2.45, 2.75) is 64.2 Å². The second kappa shape index (κ2) is 7.58. The minimum absolute atomic E-state index is 0.196. The van der Waals surface area contributed by atoms with Gasteiger partial charge >= 0.3 is 0 Å². The lowest BCUT2D eigenvalue weighted by atomic mass is 9.86. The number of rotatable bonds is 6. The normalized spacial score (nSPS) is 26.7. The lowest BCUT2D eigenvalue weighted by Crippen LogP contribution is -2.42. The maximum Gasteiger partial charge on any atom is 0.0900 e. The van der Waals surface area contributed by atoms with Crippen LogP contribution in [0, 0.1) is 5.92 Å². The van der Waals surface area contributed by atoms with Gasteiger partial charge in [0.1, 0.15) is 0 Å². The molecule has 0 aromatic heterocycles. The van der Waals surface area contributed by atoms with Crippen molar-refractivity contribution in [3.63, 3.8) is 0 Å². The van der Waals surface area contributed by atoms with Gasteiger partial charge < -0.3 is 19.8 Å². The number of likely N-dealkylation sites (N-methyl/N-ethyl adjacent to an activating group) is 1. The van der Waals surface area contributed by atoms with E-state index in [0.717, 1.165) is 25.7 Å². The highest BCUT2D eigenvalue weighted by Crippen LogP contribution is 2.26. The Kier molecular flexibility index (Phi) is 6.74. The highest BCUT2D eigenvalue weighted by molar-refractivity contribution is 4.79. The summed E-state index contributed by atoms with van der Waals surface area (Å²) in [5, 5.41) is 19.1. The maximum atomic E-state index is 10.0. The molecule has 1 aliphatic rings. The number of nitrogens with zero attached hydrogens (tertiary/aromatic N) is 1. The van der Waals surface area contributed by atoms with E-state index in [-0.39, 0.29) is 5.60 Å². The van der Waals surface area contributed by atoms with Crippen LogP contribution < -0.4 is 0 Å². The first-order valence-corrected chi connectivity index (χ1v) is 7.45. The summed E-state index contributed by atoms with van der Waals surface area (Å²) in [7, 11) is 2.07. The predicted molar refractivity (Wildman–Crippen MR) is 77.2 cm³/mol. The van der Waals surface area contributed by atoms with Gasteiger partial charge in [-0.15, -0.1) is 0 Å². The Balaban J connectivity index is 2.25. The summed E-state index contributed by atoms with van der Waals surface area (Å²) in [4.78, 5) is 2.24. The van der Waals surface area contributed by atoms with Crippen molar-refractivity contribution >= 4 is 0 Å². The van der Waals surface area contributed by atoms with E-state index in [9.17, 15) is 5.11 Å². The Hall–Kier alpha value is -0.160. The molecule has 1 saturated carbocycles. The fourth-order valence-electron chi connectivity index (χ4n) is 2.65. The maximum absolute atomic E-state index is 10.0. The predicted octanol–water partition coefficient (Wildman–Crippen LogP) is 1.65. The topological polar surface area (TPSA) is 52.9 Å². The molecule has 4 nitrogen and oxygen atoms in total. The largest absolute Gasteiger partial charge is 0.396 e. The third-order valence-corrected chi connectivity index (χ3v) is 3.91. The van der Waals surface area contributed by atoms with Gasteiger partial charge in [0.15, 0.2) is 0 Å². The van der Waals surface area contributed by atoms with Crippen LogP contribution in [0.15, 0.2) is 0 Å². The summed E-state index contributed by atoms with van der Waals surface area (Å²) >= 11 is 0. The van der Waals surface area contributed by atoms with Crippen molar-refractivity contribution in [2.75, 3.05) is 26.8 Å². The second-order valence-corrected chi connectivity index (χ2v) is 6.87. The molecule has 19 heavy (non-hydrogen) atoms. The van der Waals surface area contributed by atoms with E-state index in [0.29, 0.717) is 31.7 Å². The second-order valence-electron chi connectivity index (χ2n) is 6.87. The minimum atomic E-state index is -0.431. The van der Waals surface area contributed by atoms with Gasteiger partial charge in [0, 0.05) is 19.2 Å².